The highest BCUT2D eigenvalue weighted by Gasteiger charge is 2.30. The van der Waals surface area contributed by atoms with Gasteiger partial charge in [-0.05, 0) is 48.6 Å². The van der Waals surface area contributed by atoms with E-state index in [1.165, 1.54) is 0 Å². The first kappa shape index (κ1) is 15.5. The lowest BCUT2D eigenvalue weighted by Gasteiger charge is -2.28. The van der Waals surface area contributed by atoms with Crippen LogP contribution in [0.3, 0.4) is 0 Å². The smallest absolute Gasteiger partial charge is 0.321 e. The summed E-state index contributed by atoms with van der Waals surface area (Å²) in [5.41, 5.74) is 8.93. The summed E-state index contributed by atoms with van der Waals surface area (Å²) in [6.07, 6.45) is 0. The maximum atomic E-state index is 11.2. The van der Waals surface area contributed by atoms with Crippen molar-refractivity contribution in [2.45, 2.75) is 39.7 Å². The van der Waals surface area contributed by atoms with Crippen LogP contribution in [0.1, 0.15) is 36.5 Å². The van der Waals surface area contributed by atoms with Gasteiger partial charge in [0.05, 0.1) is 7.11 Å². The van der Waals surface area contributed by atoms with Crippen molar-refractivity contribution in [1.82, 2.24) is 0 Å². The number of carbonyl (C=O) groups is 1. The molecule has 0 aliphatic heterocycles. The minimum absolute atomic E-state index is 0.150. The van der Waals surface area contributed by atoms with Crippen LogP contribution >= 0.6 is 0 Å². The van der Waals surface area contributed by atoms with Crippen LogP contribution in [0.2, 0.25) is 0 Å². The fraction of sp³-hybridized carbons (Fsp3) is 0.533. The van der Waals surface area contributed by atoms with Gasteiger partial charge in [-0.25, -0.2) is 0 Å². The molecule has 0 heterocycles. The van der Waals surface area contributed by atoms with Crippen molar-refractivity contribution in [3.63, 3.8) is 0 Å². The SMILES string of the molecule is COc1cc(C)c(C(C(C)C)C(N)C(=O)O)c(C)c1. The molecule has 0 saturated carbocycles. The summed E-state index contributed by atoms with van der Waals surface area (Å²) in [5, 5.41) is 9.20. The van der Waals surface area contributed by atoms with Gasteiger partial charge in [0.25, 0.3) is 0 Å². The predicted molar refractivity (Wildman–Crippen MR) is 75.7 cm³/mol. The van der Waals surface area contributed by atoms with Gasteiger partial charge in [-0.3, -0.25) is 4.79 Å². The van der Waals surface area contributed by atoms with E-state index in [-0.39, 0.29) is 11.8 Å². The predicted octanol–water partition coefficient (Wildman–Crippen LogP) is 2.46. The summed E-state index contributed by atoms with van der Waals surface area (Å²) in [6, 6.07) is 2.95. The lowest BCUT2D eigenvalue weighted by molar-refractivity contribution is -0.139. The second-order valence-electron chi connectivity index (χ2n) is 5.31. The number of rotatable bonds is 5. The molecule has 1 aromatic rings. The molecule has 0 aliphatic rings. The third-order valence-corrected chi connectivity index (χ3v) is 3.53. The molecule has 1 aromatic carbocycles. The van der Waals surface area contributed by atoms with Gasteiger partial charge in [0.15, 0.2) is 0 Å². The Morgan fingerprint density at radius 3 is 2.05 bits per heavy atom. The third kappa shape index (κ3) is 3.26. The van der Waals surface area contributed by atoms with E-state index in [4.69, 9.17) is 10.5 Å². The van der Waals surface area contributed by atoms with Gasteiger partial charge in [0, 0.05) is 5.92 Å². The van der Waals surface area contributed by atoms with Crippen molar-refractivity contribution in [3.8, 4) is 5.75 Å². The highest BCUT2D eigenvalue weighted by Crippen LogP contribution is 2.34. The molecule has 2 unspecified atom stereocenters. The lowest BCUT2D eigenvalue weighted by Crippen LogP contribution is -2.39. The minimum Gasteiger partial charge on any atom is -0.497 e. The minimum atomic E-state index is -0.965. The Kier molecular flexibility index (Phi) is 4.95. The molecular formula is C15H23NO3. The number of ether oxygens (including phenoxy) is 1. The van der Waals surface area contributed by atoms with E-state index in [1.54, 1.807) is 7.11 Å². The number of hydrogen-bond acceptors (Lipinski definition) is 3. The van der Waals surface area contributed by atoms with Gasteiger partial charge < -0.3 is 15.6 Å². The number of benzene rings is 1. The quantitative estimate of drug-likeness (QED) is 0.857. The van der Waals surface area contributed by atoms with E-state index < -0.39 is 12.0 Å². The van der Waals surface area contributed by atoms with Crippen molar-refractivity contribution in [2.24, 2.45) is 11.7 Å². The maximum Gasteiger partial charge on any atom is 0.321 e. The molecule has 0 aliphatic carbocycles. The topological polar surface area (TPSA) is 72.5 Å². The second kappa shape index (κ2) is 6.06. The van der Waals surface area contributed by atoms with E-state index in [2.05, 4.69) is 0 Å². The Labute approximate surface area is 114 Å². The van der Waals surface area contributed by atoms with Crippen LogP contribution in [0.5, 0.6) is 5.75 Å². The number of carboxylic acid groups (broad SMARTS) is 1. The molecule has 0 fully saturated rings. The first-order valence-corrected chi connectivity index (χ1v) is 6.43. The number of aliphatic carboxylic acids is 1. The summed E-state index contributed by atoms with van der Waals surface area (Å²) in [7, 11) is 1.62. The number of carboxylic acids is 1. The molecule has 0 amide bonds. The molecule has 106 valence electrons. The highest BCUT2D eigenvalue weighted by molar-refractivity contribution is 5.75. The van der Waals surface area contributed by atoms with Crippen LogP contribution in [0.15, 0.2) is 12.1 Å². The Morgan fingerprint density at radius 2 is 1.74 bits per heavy atom. The Balaban J connectivity index is 3.35. The van der Waals surface area contributed by atoms with Crippen LogP contribution in [-0.4, -0.2) is 24.2 Å². The highest BCUT2D eigenvalue weighted by atomic mass is 16.5. The lowest BCUT2D eigenvalue weighted by atomic mass is 9.78. The molecular weight excluding hydrogens is 242 g/mol. The van der Waals surface area contributed by atoms with Crippen molar-refractivity contribution in [3.05, 3.63) is 28.8 Å². The third-order valence-electron chi connectivity index (χ3n) is 3.53. The average Bonchev–Trinajstić information content (AvgIpc) is 2.31. The Hall–Kier alpha value is -1.55. The summed E-state index contributed by atoms with van der Waals surface area (Å²) in [5.74, 6) is -0.237. The number of hydrogen-bond donors (Lipinski definition) is 2. The number of methoxy groups -OCH3 is 1. The Morgan fingerprint density at radius 1 is 1.26 bits per heavy atom. The van der Waals surface area contributed by atoms with E-state index in [0.717, 1.165) is 22.4 Å². The molecule has 2 atom stereocenters. The summed E-state index contributed by atoms with van der Waals surface area (Å²) in [6.45, 7) is 7.93. The van der Waals surface area contributed by atoms with E-state index in [9.17, 15) is 9.90 Å². The summed E-state index contributed by atoms with van der Waals surface area (Å²) >= 11 is 0. The molecule has 0 aromatic heterocycles. The molecule has 4 heteroatoms. The van der Waals surface area contributed by atoms with Gasteiger partial charge in [-0.2, -0.15) is 0 Å². The van der Waals surface area contributed by atoms with E-state index >= 15 is 0 Å². The fourth-order valence-corrected chi connectivity index (χ4v) is 2.66. The summed E-state index contributed by atoms with van der Waals surface area (Å²) in [4.78, 5) is 11.2. The number of aryl methyl sites for hydroxylation is 2. The van der Waals surface area contributed by atoms with Gasteiger partial charge in [0.1, 0.15) is 11.8 Å². The van der Waals surface area contributed by atoms with Crippen LogP contribution in [0, 0.1) is 19.8 Å². The zero-order valence-corrected chi connectivity index (χ0v) is 12.2. The normalized spacial score (nSPS) is 14.3. The fourth-order valence-electron chi connectivity index (χ4n) is 2.66. The van der Waals surface area contributed by atoms with Crippen molar-refractivity contribution in [1.29, 1.82) is 0 Å². The van der Waals surface area contributed by atoms with Crippen LogP contribution in [0.25, 0.3) is 0 Å². The van der Waals surface area contributed by atoms with Crippen LogP contribution in [-0.2, 0) is 4.79 Å². The molecule has 4 nitrogen and oxygen atoms in total. The maximum absolute atomic E-state index is 11.2. The van der Waals surface area contributed by atoms with Crippen LogP contribution in [0.4, 0.5) is 0 Å². The first-order chi connectivity index (χ1) is 8.79. The van der Waals surface area contributed by atoms with Gasteiger partial charge in [-0.15, -0.1) is 0 Å². The Bertz CT molecular complexity index is 445. The second-order valence-corrected chi connectivity index (χ2v) is 5.31. The van der Waals surface area contributed by atoms with Gasteiger partial charge in [0.2, 0.25) is 0 Å². The average molecular weight is 265 g/mol. The molecule has 3 N–H and O–H groups in total. The first-order valence-electron chi connectivity index (χ1n) is 6.43. The zero-order chi connectivity index (χ0) is 14.7. The molecule has 19 heavy (non-hydrogen) atoms. The van der Waals surface area contributed by atoms with Crippen molar-refractivity contribution >= 4 is 5.97 Å². The van der Waals surface area contributed by atoms with E-state index in [1.807, 2.05) is 39.8 Å². The number of nitrogens with two attached hydrogens (primary N) is 1. The molecule has 0 spiro atoms. The molecule has 1 rings (SSSR count). The van der Waals surface area contributed by atoms with Crippen molar-refractivity contribution < 1.29 is 14.6 Å². The van der Waals surface area contributed by atoms with Gasteiger partial charge >= 0.3 is 5.97 Å². The van der Waals surface area contributed by atoms with Crippen molar-refractivity contribution in [2.75, 3.05) is 7.11 Å². The molecule has 0 bridgehead atoms. The van der Waals surface area contributed by atoms with Crippen LogP contribution < -0.4 is 10.5 Å². The standard InChI is InChI=1S/C15H23NO3/c1-8(2)12(14(16)15(17)18)13-9(3)6-11(19-5)7-10(13)4/h6-8,12,14H,16H2,1-5H3,(H,17,18). The summed E-state index contributed by atoms with van der Waals surface area (Å²) < 4.78 is 5.23. The van der Waals surface area contributed by atoms with E-state index in [0.29, 0.717) is 0 Å². The monoisotopic (exact) mass is 265 g/mol. The largest absolute Gasteiger partial charge is 0.497 e. The van der Waals surface area contributed by atoms with Gasteiger partial charge in [-0.1, -0.05) is 13.8 Å². The zero-order valence-electron chi connectivity index (χ0n) is 12.2. The molecule has 0 radical (unpaired) electrons. The molecule has 0 saturated heterocycles.